The van der Waals surface area contributed by atoms with Gasteiger partial charge in [0.25, 0.3) is 0 Å². The Morgan fingerprint density at radius 2 is 0.717 bits per heavy atom. The maximum Gasteiger partial charge on any atom is 0.127 e. The number of methoxy groups -OCH3 is 4. The van der Waals surface area contributed by atoms with Gasteiger partial charge in [-0.1, -0.05) is 72.8 Å². The van der Waals surface area contributed by atoms with Crippen LogP contribution in [0.2, 0.25) is 0 Å². The summed E-state index contributed by atoms with van der Waals surface area (Å²) in [7, 11) is 6.68. The van der Waals surface area contributed by atoms with Gasteiger partial charge in [-0.15, -0.1) is 0 Å². The molecule has 2 atom stereocenters. The summed E-state index contributed by atoms with van der Waals surface area (Å²) in [5, 5.41) is 0. The third kappa shape index (κ3) is 7.24. The van der Waals surface area contributed by atoms with E-state index in [0.29, 0.717) is 0 Å². The molecule has 2 unspecified atom stereocenters. The zero-order valence-corrected chi connectivity index (χ0v) is 33.7. The second-order valence-electron chi connectivity index (χ2n) is 14.5. The predicted molar refractivity (Wildman–Crippen MR) is 242 cm³/mol. The average Bonchev–Trinajstić information content (AvgIpc) is 3.31. The van der Waals surface area contributed by atoms with Gasteiger partial charge in [0.15, 0.2) is 0 Å². The molecule has 7 aromatic rings. The summed E-state index contributed by atoms with van der Waals surface area (Å²) >= 11 is 0. The third-order valence-corrected chi connectivity index (χ3v) is 11.1. The fourth-order valence-electron chi connectivity index (χ4n) is 8.28. The number of ether oxygens (including phenoxy) is 4. The molecule has 0 spiro atoms. The van der Waals surface area contributed by atoms with Gasteiger partial charge in [0.05, 0.1) is 51.2 Å². The molecule has 8 nitrogen and oxygen atoms in total. The fraction of sp³-hybridized carbons (Fsp3) is 0.115. The van der Waals surface area contributed by atoms with Crippen molar-refractivity contribution in [2.45, 2.75) is 11.8 Å². The Labute approximate surface area is 349 Å². The molecule has 3 aliphatic rings. The summed E-state index contributed by atoms with van der Waals surface area (Å²) in [6, 6.07) is 49.0. The number of hydrogen-bond donors (Lipinski definition) is 0. The van der Waals surface area contributed by atoms with Crippen molar-refractivity contribution in [3.63, 3.8) is 0 Å². The van der Waals surface area contributed by atoms with Crippen molar-refractivity contribution in [1.82, 2.24) is 0 Å². The van der Waals surface area contributed by atoms with Crippen molar-refractivity contribution in [3.05, 3.63) is 201 Å². The van der Waals surface area contributed by atoms with Crippen LogP contribution in [0.25, 0.3) is 0 Å². The molecular formula is C52H42N4O4. The molecule has 2 bridgehead atoms. The topological polar surface area (TPSA) is 86.4 Å². The maximum atomic E-state index is 5.67. The zero-order valence-electron chi connectivity index (χ0n) is 33.7. The van der Waals surface area contributed by atoms with Gasteiger partial charge < -0.3 is 18.9 Å². The van der Waals surface area contributed by atoms with E-state index in [9.17, 15) is 0 Å². The van der Waals surface area contributed by atoms with Crippen molar-refractivity contribution in [3.8, 4) is 23.0 Å². The van der Waals surface area contributed by atoms with E-state index >= 15 is 0 Å². The predicted octanol–water partition coefficient (Wildman–Crippen LogP) is 11.7. The van der Waals surface area contributed by atoms with Gasteiger partial charge in [0.1, 0.15) is 23.0 Å². The van der Waals surface area contributed by atoms with Gasteiger partial charge in [0.2, 0.25) is 0 Å². The standard InChI is InChI=1S/C52H42N4O4/c1-57-37-18-13-14-33(24-37)29-53-44-25-40-41(26-45(44)54-30-34-15-5-10-21-48(34)58-2)52-39-20-9-8-19-38(39)51(40)42-27-46(55-31-35-16-6-11-22-49(35)59-3)47(28-43(42)52)56-32-36-17-7-12-23-50(36)60-4/h5-32,51-52H,1-4H3. The smallest absolute Gasteiger partial charge is 0.127 e. The van der Waals surface area contributed by atoms with Crippen LogP contribution in [-0.4, -0.2) is 53.3 Å². The van der Waals surface area contributed by atoms with E-state index in [1.807, 2.05) is 122 Å². The summed E-state index contributed by atoms with van der Waals surface area (Å²) in [6.07, 6.45) is 7.42. The fourth-order valence-corrected chi connectivity index (χ4v) is 8.28. The van der Waals surface area contributed by atoms with Gasteiger partial charge in [-0.25, -0.2) is 0 Å². The van der Waals surface area contributed by atoms with Crippen LogP contribution in [0.5, 0.6) is 23.0 Å². The number of aliphatic imine (C=N–C) groups is 4. The molecule has 0 fully saturated rings. The third-order valence-electron chi connectivity index (χ3n) is 11.1. The number of nitrogens with zero attached hydrogens (tertiary/aromatic N) is 4. The first-order chi connectivity index (χ1) is 29.6. The Kier molecular flexibility index (Phi) is 10.6. The van der Waals surface area contributed by atoms with Crippen molar-refractivity contribution in [2.24, 2.45) is 20.0 Å². The van der Waals surface area contributed by atoms with Gasteiger partial charge >= 0.3 is 0 Å². The van der Waals surface area contributed by atoms with Crippen LogP contribution in [0.1, 0.15) is 67.5 Å². The van der Waals surface area contributed by atoms with E-state index in [1.165, 1.54) is 33.4 Å². The van der Waals surface area contributed by atoms with Gasteiger partial charge in [-0.2, -0.15) is 0 Å². The summed E-state index contributed by atoms with van der Waals surface area (Å²) < 4.78 is 22.5. The van der Waals surface area contributed by atoms with Crippen LogP contribution in [-0.2, 0) is 0 Å². The lowest BCUT2D eigenvalue weighted by molar-refractivity contribution is 0.414. The molecule has 7 aromatic carbocycles. The van der Waals surface area contributed by atoms with E-state index in [1.54, 1.807) is 28.4 Å². The number of benzene rings is 7. The first kappa shape index (κ1) is 38.0. The monoisotopic (exact) mass is 786 g/mol. The van der Waals surface area contributed by atoms with Crippen LogP contribution in [0.4, 0.5) is 22.7 Å². The highest BCUT2D eigenvalue weighted by Crippen LogP contribution is 2.59. The molecule has 0 aromatic heterocycles. The molecule has 0 N–H and O–H groups in total. The second kappa shape index (κ2) is 16.7. The Morgan fingerprint density at radius 1 is 0.350 bits per heavy atom. The van der Waals surface area contributed by atoms with E-state index in [2.05, 4.69) is 48.5 Å². The highest BCUT2D eigenvalue weighted by Gasteiger charge is 2.42. The largest absolute Gasteiger partial charge is 0.497 e. The first-order valence-electron chi connectivity index (χ1n) is 19.7. The van der Waals surface area contributed by atoms with Crippen molar-refractivity contribution in [1.29, 1.82) is 0 Å². The average molecular weight is 787 g/mol. The lowest BCUT2D eigenvalue weighted by Gasteiger charge is -2.42. The van der Waals surface area contributed by atoms with Crippen LogP contribution in [0.3, 0.4) is 0 Å². The molecule has 0 heterocycles. The Hall–Kier alpha value is -7.58. The van der Waals surface area contributed by atoms with E-state index < -0.39 is 0 Å². The van der Waals surface area contributed by atoms with Crippen LogP contribution in [0.15, 0.2) is 166 Å². The minimum atomic E-state index is -0.0831. The lowest BCUT2D eigenvalue weighted by atomic mass is 9.61. The van der Waals surface area contributed by atoms with Gasteiger partial charge in [0, 0.05) is 53.4 Å². The summed E-state index contributed by atoms with van der Waals surface area (Å²) in [5.74, 6) is 2.83. The first-order valence-corrected chi connectivity index (χ1v) is 19.7. The number of para-hydroxylation sites is 3. The molecule has 60 heavy (non-hydrogen) atoms. The zero-order chi connectivity index (χ0) is 41.0. The maximum absolute atomic E-state index is 5.67. The number of rotatable bonds is 12. The Balaban J connectivity index is 1.23. The van der Waals surface area contributed by atoms with Crippen LogP contribution < -0.4 is 18.9 Å². The molecule has 8 heteroatoms. The molecular weight excluding hydrogens is 745 g/mol. The van der Waals surface area contributed by atoms with Crippen molar-refractivity contribution < 1.29 is 18.9 Å². The molecule has 294 valence electrons. The quantitative estimate of drug-likeness (QED) is 0.115. The molecule has 0 saturated carbocycles. The summed E-state index contributed by atoms with van der Waals surface area (Å²) in [6.45, 7) is 0. The van der Waals surface area contributed by atoms with E-state index in [4.69, 9.17) is 38.9 Å². The van der Waals surface area contributed by atoms with Gasteiger partial charge in [-0.05, 0) is 112 Å². The van der Waals surface area contributed by atoms with Crippen molar-refractivity contribution in [2.75, 3.05) is 28.4 Å². The van der Waals surface area contributed by atoms with E-state index in [0.717, 1.165) is 68.0 Å². The molecule has 10 rings (SSSR count). The van der Waals surface area contributed by atoms with Crippen LogP contribution >= 0.6 is 0 Å². The second-order valence-corrected chi connectivity index (χ2v) is 14.5. The Bertz CT molecular complexity index is 2860. The molecule has 0 aliphatic heterocycles. The normalized spacial score (nSPS) is 15.1. The Morgan fingerprint density at radius 3 is 1.10 bits per heavy atom. The SMILES string of the molecule is COc1cccc(C=Nc2cc3c(cc2N=Cc2ccccc2OC)C2c4ccccc4C3c3cc(N=Cc4ccccc4OC)c(N=Cc4ccccc4OC)cc32)c1. The highest BCUT2D eigenvalue weighted by molar-refractivity contribution is 5.92. The summed E-state index contributed by atoms with van der Waals surface area (Å²) in [5.41, 5.74) is 13.8. The highest BCUT2D eigenvalue weighted by atomic mass is 16.5. The number of hydrogen-bond acceptors (Lipinski definition) is 8. The molecule has 0 saturated heterocycles. The minimum Gasteiger partial charge on any atom is -0.497 e. The minimum absolute atomic E-state index is 0.0818. The summed E-state index contributed by atoms with van der Waals surface area (Å²) in [4.78, 5) is 20.4. The molecule has 0 radical (unpaired) electrons. The van der Waals surface area contributed by atoms with Crippen LogP contribution in [0, 0.1) is 0 Å². The molecule has 3 aliphatic carbocycles. The van der Waals surface area contributed by atoms with E-state index in [-0.39, 0.29) is 11.8 Å². The van der Waals surface area contributed by atoms with Gasteiger partial charge in [-0.3, -0.25) is 20.0 Å². The lowest BCUT2D eigenvalue weighted by Crippen LogP contribution is -2.27. The van der Waals surface area contributed by atoms with Crippen molar-refractivity contribution >= 4 is 47.6 Å². The molecule has 0 amide bonds.